The predicted molar refractivity (Wildman–Crippen MR) is 104 cm³/mol. The van der Waals surface area contributed by atoms with E-state index in [1.54, 1.807) is 25.1 Å². The monoisotopic (exact) mass is 406 g/mol. The first kappa shape index (κ1) is 19.4. The second-order valence-electron chi connectivity index (χ2n) is 5.97. The third kappa shape index (κ3) is 4.17. The highest BCUT2D eigenvalue weighted by molar-refractivity contribution is 7.91. The summed E-state index contributed by atoms with van der Waals surface area (Å²) < 4.78 is 39.7. The van der Waals surface area contributed by atoms with E-state index >= 15 is 0 Å². The first-order valence-corrected chi connectivity index (χ1v) is 11.0. The molecule has 5 nitrogen and oxygen atoms in total. The van der Waals surface area contributed by atoms with Gasteiger partial charge in [0.2, 0.25) is 0 Å². The van der Waals surface area contributed by atoms with Crippen molar-refractivity contribution in [1.82, 2.24) is 4.57 Å². The molecule has 3 rings (SSSR count). The van der Waals surface area contributed by atoms with Gasteiger partial charge in [0.1, 0.15) is 5.82 Å². The lowest BCUT2D eigenvalue weighted by molar-refractivity contribution is -0.117. The SMILES string of the molecule is CCn1c(=NC(=O)Cc2ccc(S(=O)(=O)CC)cc2)sc2cc(F)ccc21. The van der Waals surface area contributed by atoms with Gasteiger partial charge in [0.05, 0.1) is 27.3 Å². The fraction of sp³-hybridized carbons (Fsp3) is 0.263. The van der Waals surface area contributed by atoms with Crippen molar-refractivity contribution in [3.05, 3.63) is 58.6 Å². The fourth-order valence-corrected chi connectivity index (χ4v) is 4.76. The number of aryl methyl sites for hydroxylation is 1. The summed E-state index contributed by atoms with van der Waals surface area (Å²) in [6.07, 6.45) is 0.0682. The van der Waals surface area contributed by atoms with Crippen LogP contribution in [0.3, 0.4) is 0 Å². The highest BCUT2D eigenvalue weighted by Gasteiger charge is 2.12. The number of amides is 1. The third-order valence-corrected chi connectivity index (χ3v) is 6.99. The Kier molecular flexibility index (Phi) is 5.57. The lowest BCUT2D eigenvalue weighted by Gasteiger charge is -2.03. The van der Waals surface area contributed by atoms with Crippen LogP contribution in [0, 0.1) is 5.82 Å². The van der Waals surface area contributed by atoms with Crippen LogP contribution in [0.25, 0.3) is 10.2 Å². The summed E-state index contributed by atoms with van der Waals surface area (Å²) in [6, 6.07) is 10.8. The van der Waals surface area contributed by atoms with Crippen LogP contribution in [0.2, 0.25) is 0 Å². The summed E-state index contributed by atoms with van der Waals surface area (Å²) in [4.78, 5) is 17.3. The Bertz CT molecular complexity index is 1160. The van der Waals surface area contributed by atoms with Gasteiger partial charge in [0.25, 0.3) is 5.91 Å². The molecule has 27 heavy (non-hydrogen) atoms. The summed E-state index contributed by atoms with van der Waals surface area (Å²) in [6.45, 7) is 4.14. The second kappa shape index (κ2) is 7.74. The van der Waals surface area contributed by atoms with Crippen molar-refractivity contribution in [3.63, 3.8) is 0 Å². The van der Waals surface area contributed by atoms with E-state index in [0.717, 1.165) is 10.2 Å². The van der Waals surface area contributed by atoms with Gasteiger partial charge < -0.3 is 4.57 Å². The molecule has 142 valence electrons. The average molecular weight is 407 g/mol. The van der Waals surface area contributed by atoms with Crippen molar-refractivity contribution in [1.29, 1.82) is 0 Å². The minimum Gasteiger partial charge on any atom is -0.317 e. The van der Waals surface area contributed by atoms with E-state index in [4.69, 9.17) is 0 Å². The standard InChI is InChI=1S/C19H19FN2O3S2/c1-3-22-16-10-7-14(20)12-17(16)26-19(22)21-18(23)11-13-5-8-15(9-6-13)27(24,25)4-2/h5-10,12H,3-4,11H2,1-2H3. The molecule has 0 spiro atoms. The van der Waals surface area contributed by atoms with Crippen molar-refractivity contribution >= 4 is 37.3 Å². The average Bonchev–Trinajstić information content (AvgIpc) is 2.97. The van der Waals surface area contributed by atoms with Crippen molar-refractivity contribution in [2.45, 2.75) is 31.7 Å². The number of thiazole rings is 1. The smallest absolute Gasteiger partial charge is 0.252 e. The zero-order valence-electron chi connectivity index (χ0n) is 15.0. The number of fused-ring (bicyclic) bond motifs is 1. The van der Waals surface area contributed by atoms with E-state index in [-0.39, 0.29) is 28.8 Å². The molecule has 0 bridgehead atoms. The number of benzene rings is 2. The number of rotatable bonds is 5. The van der Waals surface area contributed by atoms with Gasteiger partial charge in [-0.1, -0.05) is 30.4 Å². The topological polar surface area (TPSA) is 68.5 Å². The van der Waals surface area contributed by atoms with Gasteiger partial charge in [-0.05, 0) is 42.8 Å². The van der Waals surface area contributed by atoms with E-state index in [0.29, 0.717) is 16.9 Å². The van der Waals surface area contributed by atoms with Crippen LogP contribution in [0.4, 0.5) is 4.39 Å². The van der Waals surface area contributed by atoms with E-state index in [1.807, 2.05) is 11.5 Å². The van der Waals surface area contributed by atoms with Crippen LogP contribution >= 0.6 is 11.3 Å². The molecular weight excluding hydrogens is 387 g/mol. The Morgan fingerprint density at radius 2 is 1.85 bits per heavy atom. The largest absolute Gasteiger partial charge is 0.317 e. The Labute approximate surface area is 160 Å². The van der Waals surface area contributed by atoms with Crippen LogP contribution < -0.4 is 4.80 Å². The molecule has 0 unspecified atom stereocenters. The Balaban J connectivity index is 1.88. The molecule has 0 radical (unpaired) electrons. The highest BCUT2D eigenvalue weighted by Crippen LogP contribution is 2.18. The molecule has 1 amide bonds. The summed E-state index contributed by atoms with van der Waals surface area (Å²) in [5.74, 6) is -0.633. The maximum absolute atomic E-state index is 13.4. The first-order valence-electron chi connectivity index (χ1n) is 8.52. The number of hydrogen-bond donors (Lipinski definition) is 0. The number of hydrogen-bond acceptors (Lipinski definition) is 4. The summed E-state index contributed by atoms with van der Waals surface area (Å²) in [7, 11) is -3.26. The normalized spacial score (nSPS) is 12.6. The van der Waals surface area contributed by atoms with Crippen LogP contribution in [-0.2, 0) is 27.6 Å². The first-order chi connectivity index (χ1) is 12.8. The number of carbonyl (C=O) groups is 1. The second-order valence-corrected chi connectivity index (χ2v) is 9.26. The number of aromatic nitrogens is 1. The van der Waals surface area contributed by atoms with Gasteiger partial charge in [0.15, 0.2) is 14.6 Å². The quantitative estimate of drug-likeness (QED) is 0.653. The highest BCUT2D eigenvalue weighted by atomic mass is 32.2. The molecular formula is C19H19FN2O3S2. The van der Waals surface area contributed by atoms with Gasteiger partial charge >= 0.3 is 0 Å². The van der Waals surface area contributed by atoms with Gasteiger partial charge in [0, 0.05) is 6.54 Å². The molecule has 0 saturated heterocycles. The molecule has 0 aliphatic carbocycles. The van der Waals surface area contributed by atoms with Gasteiger partial charge in [-0.2, -0.15) is 4.99 Å². The van der Waals surface area contributed by atoms with E-state index in [1.165, 1.54) is 35.6 Å². The zero-order valence-corrected chi connectivity index (χ0v) is 16.6. The molecule has 3 aromatic rings. The predicted octanol–water partition coefficient (Wildman–Crippen LogP) is 3.33. The Hall–Kier alpha value is -2.32. The maximum atomic E-state index is 13.4. The van der Waals surface area contributed by atoms with Crippen LogP contribution in [0.15, 0.2) is 52.4 Å². The van der Waals surface area contributed by atoms with Crippen LogP contribution in [0.1, 0.15) is 19.4 Å². The molecule has 0 aliphatic heterocycles. The molecule has 2 aromatic carbocycles. The van der Waals surface area contributed by atoms with Crippen molar-refractivity contribution in [2.24, 2.45) is 4.99 Å². The number of halogens is 1. The third-order valence-electron chi connectivity index (χ3n) is 4.20. The van der Waals surface area contributed by atoms with Gasteiger partial charge in [-0.25, -0.2) is 12.8 Å². The van der Waals surface area contributed by atoms with E-state index in [9.17, 15) is 17.6 Å². The molecule has 0 N–H and O–H groups in total. The van der Waals surface area contributed by atoms with E-state index < -0.39 is 9.84 Å². The molecule has 0 saturated carbocycles. The molecule has 0 atom stereocenters. The molecule has 1 heterocycles. The zero-order chi connectivity index (χ0) is 19.6. The molecule has 1 aromatic heterocycles. The lowest BCUT2D eigenvalue weighted by atomic mass is 10.1. The number of sulfone groups is 1. The van der Waals surface area contributed by atoms with Crippen molar-refractivity contribution in [3.8, 4) is 0 Å². The van der Waals surface area contributed by atoms with Crippen molar-refractivity contribution < 1.29 is 17.6 Å². The summed E-state index contributed by atoms with van der Waals surface area (Å²) in [5.41, 5.74) is 1.53. The minimum absolute atomic E-state index is 0.0319. The van der Waals surface area contributed by atoms with Crippen LogP contribution in [-0.4, -0.2) is 24.6 Å². The Morgan fingerprint density at radius 1 is 1.15 bits per heavy atom. The van der Waals surface area contributed by atoms with Crippen LogP contribution in [0.5, 0.6) is 0 Å². The van der Waals surface area contributed by atoms with Crippen molar-refractivity contribution in [2.75, 3.05) is 5.75 Å². The number of carbonyl (C=O) groups excluding carboxylic acids is 1. The molecule has 0 aliphatic rings. The van der Waals surface area contributed by atoms with Gasteiger partial charge in [-0.3, -0.25) is 4.79 Å². The lowest BCUT2D eigenvalue weighted by Crippen LogP contribution is -2.16. The Morgan fingerprint density at radius 3 is 2.48 bits per heavy atom. The number of nitrogens with zero attached hydrogens (tertiary/aromatic N) is 2. The maximum Gasteiger partial charge on any atom is 0.252 e. The van der Waals surface area contributed by atoms with E-state index in [2.05, 4.69) is 4.99 Å². The fourth-order valence-electron chi connectivity index (χ4n) is 2.74. The molecule has 0 fully saturated rings. The summed E-state index contributed by atoms with van der Waals surface area (Å²) in [5, 5.41) is 0. The minimum atomic E-state index is -3.26. The van der Waals surface area contributed by atoms with Gasteiger partial charge in [-0.15, -0.1) is 0 Å². The molecule has 8 heteroatoms. The summed E-state index contributed by atoms with van der Waals surface area (Å²) >= 11 is 1.27.